The number of rotatable bonds is 11. The smallest absolute Gasteiger partial charge is 0.403 e. The van der Waals surface area contributed by atoms with Gasteiger partial charge in [-0.25, -0.2) is 4.79 Å². The van der Waals surface area contributed by atoms with Crippen LogP contribution >= 0.6 is 0 Å². The molecule has 2 aliphatic rings. The summed E-state index contributed by atoms with van der Waals surface area (Å²) in [4.78, 5) is 29.0. The standard InChI is InChI=1S/C37H43F6N3O5/c1-23-7-6-16-46(20-23)21-25-12-13-30(50-2)31(32(25)51-3)28-11-5-9-26-24(8-4-10-27(26)28)19-29(33(47)48)44-34(49)35(37(41,42)43)14-17-45(18-15-35)22-36(38,39)40/h4-5,8-13,23,29H,6-7,14-22H2,1-3H3,(H,44,49)(H,47,48)/t23?,29-/m0/s1. The van der Waals surface area contributed by atoms with Crippen LogP contribution in [0.2, 0.25) is 0 Å². The number of fused-ring (bicyclic) bond motifs is 1. The van der Waals surface area contributed by atoms with Crippen LogP contribution in [-0.2, 0) is 22.6 Å². The first-order chi connectivity index (χ1) is 24.1. The molecule has 0 aliphatic carbocycles. The summed E-state index contributed by atoms with van der Waals surface area (Å²) in [6.45, 7) is 2.18. The largest absolute Gasteiger partial charge is 0.496 e. The van der Waals surface area contributed by atoms with Crippen LogP contribution in [0.15, 0.2) is 48.5 Å². The van der Waals surface area contributed by atoms with E-state index in [1.54, 1.807) is 38.5 Å². The monoisotopic (exact) mass is 723 g/mol. The summed E-state index contributed by atoms with van der Waals surface area (Å²) in [5.74, 6) is -1.36. The number of aliphatic carboxylic acids is 1. The third kappa shape index (κ3) is 8.38. The van der Waals surface area contributed by atoms with Crippen molar-refractivity contribution in [1.82, 2.24) is 15.1 Å². The van der Waals surface area contributed by atoms with Gasteiger partial charge in [-0.15, -0.1) is 0 Å². The van der Waals surface area contributed by atoms with E-state index in [1.165, 1.54) is 6.42 Å². The Morgan fingerprint density at radius 2 is 1.61 bits per heavy atom. The molecule has 3 aromatic carbocycles. The lowest BCUT2D eigenvalue weighted by Gasteiger charge is -2.42. The number of methoxy groups -OCH3 is 2. The molecule has 51 heavy (non-hydrogen) atoms. The molecule has 1 unspecified atom stereocenters. The van der Waals surface area contributed by atoms with Crippen LogP contribution in [0.3, 0.4) is 0 Å². The summed E-state index contributed by atoms with van der Waals surface area (Å²) in [5.41, 5.74) is -0.183. The third-order valence-corrected chi connectivity index (χ3v) is 10.2. The summed E-state index contributed by atoms with van der Waals surface area (Å²) in [5, 5.41) is 13.5. The van der Waals surface area contributed by atoms with Crippen molar-refractivity contribution in [2.75, 3.05) is 46.9 Å². The van der Waals surface area contributed by atoms with Crippen LogP contribution in [0.5, 0.6) is 11.5 Å². The molecule has 1 amide bonds. The number of carboxylic acids is 1. The molecule has 5 rings (SSSR count). The third-order valence-electron chi connectivity index (χ3n) is 10.2. The summed E-state index contributed by atoms with van der Waals surface area (Å²) >= 11 is 0. The van der Waals surface area contributed by atoms with Gasteiger partial charge in [0.25, 0.3) is 0 Å². The van der Waals surface area contributed by atoms with Crippen molar-refractivity contribution in [1.29, 1.82) is 0 Å². The van der Waals surface area contributed by atoms with Gasteiger partial charge in [0, 0.05) is 25.1 Å². The number of carboxylic acid groups (broad SMARTS) is 1. The van der Waals surface area contributed by atoms with Gasteiger partial charge in [-0.2, -0.15) is 26.3 Å². The van der Waals surface area contributed by atoms with Crippen LogP contribution in [-0.4, -0.2) is 92.1 Å². The number of benzene rings is 3. The average molecular weight is 724 g/mol. The minimum Gasteiger partial charge on any atom is -0.496 e. The Labute approximate surface area is 292 Å². The Morgan fingerprint density at radius 1 is 0.922 bits per heavy atom. The minimum absolute atomic E-state index is 0.350. The molecule has 2 N–H and O–H groups in total. The quantitative estimate of drug-likeness (QED) is 0.205. The average Bonchev–Trinajstić information content (AvgIpc) is 3.06. The molecular formula is C37H43F6N3O5. The van der Waals surface area contributed by atoms with E-state index in [0.29, 0.717) is 45.9 Å². The van der Waals surface area contributed by atoms with Gasteiger partial charge in [0.2, 0.25) is 5.91 Å². The van der Waals surface area contributed by atoms with Gasteiger partial charge in [0.1, 0.15) is 23.0 Å². The first kappa shape index (κ1) is 38.2. The second-order valence-corrected chi connectivity index (χ2v) is 13.7. The molecule has 14 heteroatoms. The highest BCUT2D eigenvalue weighted by Gasteiger charge is 2.61. The molecule has 2 atom stereocenters. The lowest BCUT2D eigenvalue weighted by atomic mass is 9.76. The number of carbonyl (C=O) groups excluding carboxylic acids is 1. The van der Waals surface area contributed by atoms with Crippen LogP contribution < -0.4 is 14.8 Å². The molecular weight excluding hydrogens is 680 g/mol. The fourth-order valence-electron chi connectivity index (χ4n) is 7.53. The zero-order valence-electron chi connectivity index (χ0n) is 28.8. The Bertz CT molecular complexity index is 1720. The van der Waals surface area contributed by atoms with E-state index >= 15 is 0 Å². The lowest BCUT2D eigenvalue weighted by molar-refractivity contribution is -0.236. The number of amides is 1. The summed E-state index contributed by atoms with van der Waals surface area (Å²) < 4.78 is 93.8. The molecule has 0 radical (unpaired) electrons. The first-order valence-electron chi connectivity index (χ1n) is 16.9. The highest BCUT2D eigenvalue weighted by atomic mass is 19.4. The molecule has 8 nitrogen and oxygen atoms in total. The van der Waals surface area contributed by atoms with E-state index in [1.807, 2.05) is 24.3 Å². The Morgan fingerprint density at radius 3 is 2.22 bits per heavy atom. The number of halogens is 6. The Hall–Kier alpha value is -4.04. The fourth-order valence-corrected chi connectivity index (χ4v) is 7.53. The number of ether oxygens (including phenoxy) is 2. The molecule has 2 heterocycles. The maximum Gasteiger partial charge on any atom is 0.403 e. The zero-order valence-corrected chi connectivity index (χ0v) is 28.8. The Kier molecular flexibility index (Phi) is 11.4. The number of alkyl halides is 6. The van der Waals surface area contributed by atoms with Crippen molar-refractivity contribution in [3.05, 3.63) is 59.7 Å². The van der Waals surface area contributed by atoms with Crippen LogP contribution in [0.25, 0.3) is 21.9 Å². The summed E-state index contributed by atoms with van der Waals surface area (Å²) in [7, 11) is 3.14. The molecule has 0 saturated carbocycles. The molecule has 0 bridgehead atoms. The predicted octanol–water partition coefficient (Wildman–Crippen LogP) is 7.07. The van der Waals surface area contributed by atoms with Crippen molar-refractivity contribution in [3.63, 3.8) is 0 Å². The van der Waals surface area contributed by atoms with Crippen LogP contribution in [0.1, 0.15) is 43.7 Å². The maximum absolute atomic E-state index is 14.4. The fraction of sp³-hybridized carbons (Fsp3) is 0.514. The lowest BCUT2D eigenvalue weighted by Crippen LogP contribution is -2.59. The number of carbonyl (C=O) groups is 2. The van der Waals surface area contributed by atoms with Gasteiger partial charge in [-0.05, 0) is 79.2 Å². The van der Waals surface area contributed by atoms with Gasteiger partial charge < -0.3 is 19.9 Å². The van der Waals surface area contributed by atoms with Crippen LogP contribution in [0, 0.1) is 11.3 Å². The van der Waals surface area contributed by atoms with E-state index in [-0.39, 0.29) is 6.42 Å². The van der Waals surface area contributed by atoms with E-state index in [2.05, 4.69) is 17.1 Å². The second-order valence-electron chi connectivity index (χ2n) is 13.7. The summed E-state index contributed by atoms with van der Waals surface area (Å²) in [6.07, 6.45) is -9.65. The first-order valence-corrected chi connectivity index (χ1v) is 16.9. The molecule has 0 spiro atoms. The maximum atomic E-state index is 14.4. The van der Waals surface area contributed by atoms with Gasteiger partial charge in [0.05, 0.1) is 26.3 Å². The number of hydrogen-bond acceptors (Lipinski definition) is 6. The van der Waals surface area contributed by atoms with Crippen molar-refractivity contribution in [2.24, 2.45) is 11.3 Å². The molecule has 0 aromatic heterocycles. The molecule has 3 aromatic rings. The Balaban J connectivity index is 1.46. The van der Waals surface area contributed by atoms with Crippen molar-refractivity contribution < 1.29 is 50.5 Å². The van der Waals surface area contributed by atoms with E-state index in [9.17, 15) is 41.0 Å². The van der Waals surface area contributed by atoms with Crippen molar-refractivity contribution >= 4 is 22.6 Å². The van der Waals surface area contributed by atoms with E-state index in [4.69, 9.17) is 9.47 Å². The second kappa shape index (κ2) is 15.3. The van der Waals surface area contributed by atoms with Crippen molar-refractivity contribution in [3.8, 4) is 22.6 Å². The van der Waals surface area contributed by atoms with Gasteiger partial charge in [-0.1, -0.05) is 49.4 Å². The number of piperidine rings is 2. The number of nitrogens with zero attached hydrogens (tertiary/aromatic N) is 2. The SMILES string of the molecule is COc1ccc(CN2CCCC(C)C2)c(OC)c1-c1cccc2c(C[C@H](NC(=O)C3(C(F)(F)F)CCN(CC(F)(F)F)CC3)C(=O)O)cccc12. The number of likely N-dealkylation sites (tertiary alicyclic amines) is 2. The van der Waals surface area contributed by atoms with Crippen LogP contribution in [0.4, 0.5) is 26.3 Å². The molecule has 2 saturated heterocycles. The zero-order chi connectivity index (χ0) is 37.1. The van der Waals surface area contributed by atoms with Gasteiger partial charge >= 0.3 is 18.3 Å². The van der Waals surface area contributed by atoms with E-state index < -0.39 is 68.2 Å². The summed E-state index contributed by atoms with van der Waals surface area (Å²) in [6, 6.07) is 12.7. The number of hydrogen-bond donors (Lipinski definition) is 2. The van der Waals surface area contributed by atoms with Gasteiger partial charge in [-0.3, -0.25) is 14.6 Å². The predicted molar refractivity (Wildman–Crippen MR) is 180 cm³/mol. The highest BCUT2D eigenvalue weighted by Crippen LogP contribution is 2.48. The topological polar surface area (TPSA) is 91.3 Å². The normalized spacial score (nSPS) is 19.4. The van der Waals surface area contributed by atoms with Gasteiger partial charge in [0.15, 0.2) is 0 Å². The van der Waals surface area contributed by atoms with E-state index in [0.717, 1.165) is 35.5 Å². The van der Waals surface area contributed by atoms with Crippen molar-refractivity contribution in [2.45, 2.75) is 64.0 Å². The highest BCUT2D eigenvalue weighted by molar-refractivity contribution is 6.01. The minimum atomic E-state index is -5.11. The molecule has 2 fully saturated rings. The molecule has 2 aliphatic heterocycles. The molecule has 278 valence electrons. The number of nitrogens with one attached hydrogen (secondary N) is 1.